The molecule has 2 saturated heterocycles. The average Bonchev–Trinajstić information content (AvgIpc) is 2.80. The molecule has 1 aromatic carbocycles. The topological polar surface area (TPSA) is 105 Å². The second kappa shape index (κ2) is 12.0. The molecular formula is C25H38N4O4. The summed E-state index contributed by atoms with van der Waals surface area (Å²) in [5.41, 5.74) is 5.98. The second-order valence-corrected chi connectivity index (χ2v) is 9.39. The molecule has 33 heavy (non-hydrogen) atoms. The number of likely N-dealkylation sites (tertiary alicyclic amines) is 2. The lowest BCUT2D eigenvalue weighted by atomic mass is 9.97. The molecule has 2 aliphatic heterocycles. The largest absolute Gasteiger partial charge is 0.484 e. The van der Waals surface area contributed by atoms with Crippen molar-refractivity contribution in [3.05, 3.63) is 29.8 Å². The lowest BCUT2D eigenvalue weighted by Gasteiger charge is -2.38. The van der Waals surface area contributed by atoms with E-state index in [1.165, 1.54) is 0 Å². The van der Waals surface area contributed by atoms with Crippen LogP contribution >= 0.6 is 0 Å². The molecule has 182 valence electrons. The SMILES string of the molecule is CC1CCCC(C)N1C(=O)COc1ccc(C(=O)NCCCN2CCCC(C(N)=O)C2)cc1. The second-order valence-electron chi connectivity index (χ2n) is 9.39. The van der Waals surface area contributed by atoms with Gasteiger partial charge in [-0.05, 0) is 89.7 Å². The Kier molecular flexibility index (Phi) is 9.11. The monoisotopic (exact) mass is 458 g/mol. The number of amides is 3. The molecule has 0 radical (unpaired) electrons. The highest BCUT2D eigenvalue weighted by atomic mass is 16.5. The molecule has 2 heterocycles. The summed E-state index contributed by atoms with van der Waals surface area (Å²) in [5.74, 6) is 0.164. The van der Waals surface area contributed by atoms with E-state index in [0.29, 0.717) is 24.4 Å². The summed E-state index contributed by atoms with van der Waals surface area (Å²) in [7, 11) is 0. The predicted octanol–water partition coefficient (Wildman–Crippen LogP) is 2.17. The van der Waals surface area contributed by atoms with Crippen molar-refractivity contribution in [2.45, 2.75) is 64.5 Å². The molecule has 3 N–H and O–H groups in total. The summed E-state index contributed by atoms with van der Waals surface area (Å²) in [6.45, 7) is 7.26. The van der Waals surface area contributed by atoms with Gasteiger partial charge in [0.15, 0.2) is 6.61 Å². The van der Waals surface area contributed by atoms with Crippen molar-refractivity contribution in [1.82, 2.24) is 15.1 Å². The summed E-state index contributed by atoms with van der Waals surface area (Å²) in [5, 5.41) is 2.94. The van der Waals surface area contributed by atoms with Gasteiger partial charge >= 0.3 is 0 Å². The van der Waals surface area contributed by atoms with Crippen LogP contribution in [0.1, 0.15) is 62.7 Å². The summed E-state index contributed by atoms with van der Waals surface area (Å²) in [6.07, 6.45) is 5.89. The fourth-order valence-corrected chi connectivity index (χ4v) is 4.93. The van der Waals surface area contributed by atoms with Gasteiger partial charge in [-0.1, -0.05) is 0 Å². The first-order valence-electron chi connectivity index (χ1n) is 12.2. The van der Waals surface area contributed by atoms with Crippen LogP contribution in [0.15, 0.2) is 24.3 Å². The number of hydrogen-bond donors (Lipinski definition) is 2. The van der Waals surface area contributed by atoms with E-state index in [1.807, 2.05) is 4.90 Å². The van der Waals surface area contributed by atoms with Crippen molar-refractivity contribution in [2.24, 2.45) is 11.7 Å². The number of benzene rings is 1. The van der Waals surface area contributed by atoms with E-state index >= 15 is 0 Å². The number of nitrogens with one attached hydrogen (secondary N) is 1. The van der Waals surface area contributed by atoms with E-state index in [2.05, 4.69) is 24.1 Å². The highest BCUT2D eigenvalue weighted by molar-refractivity contribution is 5.94. The Labute approximate surface area is 196 Å². The summed E-state index contributed by atoms with van der Waals surface area (Å²) in [6, 6.07) is 7.37. The molecule has 8 nitrogen and oxygen atoms in total. The number of primary amides is 1. The molecule has 3 amide bonds. The lowest BCUT2D eigenvalue weighted by Crippen LogP contribution is -2.49. The smallest absolute Gasteiger partial charge is 0.260 e. The lowest BCUT2D eigenvalue weighted by molar-refractivity contribution is -0.139. The van der Waals surface area contributed by atoms with E-state index in [9.17, 15) is 14.4 Å². The Morgan fingerprint density at radius 1 is 1.06 bits per heavy atom. The number of carbonyl (C=O) groups is 3. The number of ether oxygens (including phenoxy) is 1. The van der Waals surface area contributed by atoms with Gasteiger partial charge in [0.25, 0.3) is 11.8 Å². The molecule has 0 saturated carbocycles. The molecule has 0 aliphatic carbocycles. The first-order chi connectivity index (χ1) is 15.8. The number of carbonyl (C=O) groups excluding carboxylic acids is 3. The summed E-state index contributed by atoms with van der Waals surface area (Å²) < 4.78 is 5.68. The van der Waals surface area contributed by atoms with Gasteiger partial charge in [-0.15, -0.1) is 0 Å². The maximum atomic E-state index is 12.6. The minimum atomic E-state index is -0.222. The average molecular weight is 459 g/mol. The van der Waals surface area contributed by atoms with Gasteiger partial charge in [0.2, 0.25) is 5.91 Å². The molecular weight excluding hydrogens is 420 g/mol. The highest BCUT2D eigenvalue weighted by Gasteiger charge is 2.29. The number of rotatable bonds is 9. The van der Waals surface area contributed by atoms with Crippen LogP contribution < -0.4 is 15.8 Å². The quantitative estimate of drug-likeness (QED) is 0.552. The van der Waals surface area contributed by atoms with Crippen molar-refractivity contribution in [3.63, 3.8) is 0 Å². The van der Waals surface area contributed by atoms with Crippen molar-refractivity contribution in [3.8, 4) is 5.75 Å². The summed E-state index contributed by atoms with van der Waals surface area (Å²) >= 11 is 0. The van der Waals surface area contributed by atoms with Gasteiger partial charge in [-0.3, -0.25) is 14.4 Å². The molecule has 0 bridgehead atoms. The third kappa shape index (κ3) is 7.19. The number of nitrogens with two attached hydrogens (primary N) is 1. The van der Waals surface area contributed by atoms with Crippen LogP contribution in [0.2, 0.25) is 0 Å². The zero-order valence-electron chi connectivity index (χ0n) is 19.9. The molecule has 2 fully saturated rings. The Bertz CT molecular complexity index is 803. The third-order valence-electron chi connectivity index (χ3n) is 6.80. The van der Waals surface area contributed by atoms with Gasteiger partial charge in [-0.25, -0.2) is 0 Å². The van der Waals surface area contributed by atoms with E-state index in [4.69, 9.17) is 10.5 Å². The van der Waals surface area contributed by atoms with Crippen LogP contribution in [0.25, 0.3) is 0 Å². The van der Waals surface area contributed by atoms with E-state index in [0.717, 1.165) is 51.6 Å². The number of nitrogens with zero attached hydrogens (tertiary/aromatic N) is 2. The highest BCUT2D eigenvalue weighted by Crippen LogP contribution is 2.23. The Morgan fingerprint density at radius 3 is 2.42 bits per heavy atom. The van der Waals surface area contributed by atoms with Crippen molar-refractivity contribution < 1.29 is 19.1 Å². The first kappa shape index (κ1) is 25.0. The van der Waals surface area contributed by atoms with Gasteiger partial charge in [0, 0.05) is 30.7 Å². The standard InChI is InChI=1S/C25H38N4O4/c1-18-6-3-7-19(2)29(18)23(30)17-33-22-11-9-20(10-12-22)25(32)27-13-5-15-28-14-4-8-21(16-28)24(26)31/h9-12,18-19,21H,3-8,13-17H2,1-2H3,(H2,26,31)(H,27,32). The third-order valence-corrected chi connectivity index (χ3v) is 6.80. The van der Waals surface area contributed by atoms with E-state index in [1.54, 1.807) is 24.3 Å². The van der Waals surface area contributed by atoms with Crippen molar-refractivity contribution in [2.75, 3.05) is 32.8 Å². The maximum Gasteiger partial charge on any atom is 0.260 e. The molecule has 2 aliphatic rings. The van der Waals surface area contributed by atoms with Crippen LogP contribution in [-0.4, -0.2) is 72.4 Å². The zero-order valence-corrected chi connectivity index (χ0v) is 19.9. The van der Waals surface area contributed by atoms with Crippen molar-refractivity contribution in [1.29, 1.82) is 0 Å². The van der Waals surface area contributed by atoms with E-state index in [-0.39, 0.29) is 42.3 Å². The van der Waals surface area contributed by atoms with Gasteiger partial charge < -0.3 is 25.6 Å². The molecule has 8 heteroatoms. The Morgan fingerprint density at radius 2 is 1.76 bits per heavy atom. The van der Waals surface area contributed by atoms with Gasteiger partial charge in [-0.2, -0.15) is 0 Å². The summed E-state index contributed by atoms with van der Waals surface area (Å²) in [4.78, 5) is 40.6. The molecule has 0 aromatic heterocycles. The van der Waals surface area contributed by atoms with Crippen LogP contribution in [0, 0.1) is 5.92 Å². The molecule has 3 unspecified atom stereocenters. The number of hydrogen-bond acceptors (Lipinski definition) is 5. The van der Waals surface area contributed by atoms with Gasteiger partial charge in [0.05, 0.1) is 5.92 Å². The Balaban J connectivity index is 1.37. The van der Waals surface area contributed by atoms with Gasteiger partial charge in [0.1, 0.15) is 5.75 Å². The maximum absolute atomic E-state index is 12.6. The molecule has 1 aromatic rings. The minimum Gasteiger partial charge on any atom is -0.484 e. The predicted molar refractivity (Wildman–Crippen MR) is 127 cm³/mol. The van der Waals surface area contributed by atoms with Crippen LogP contribution in [-0.2, 0) is 9.59 Å². The fraction of sp³-hybridized carbons (Fsp3) is 0.640. The first-order valence-corrected chi connectivity index (χ1v) is 12.2. The molecule has 0 spiro atoms. The van der Waals surface area contributed by atoms with Crippen LogP contribution in [0.5, 0.6) is 5.75 Å². The van der Waals surface area contributed by atoms with Crippen LogP contribution in [0.3, 0.4) is 0 Å². The van der Waals surface area contributed by atoms with Crippen LogP contribution in [0.4, 0.5) is 0 Å². The zero-order chi connectivity index (χ0) is 23.8. The molecule has 3 rings (SSSR count). The number of piperidine rings is 2. The van der Waals surface area contributed by atoms with Crippen molar-refractivity contribution >= 4 is 17.7 Å². The molecule has 3 atom stereocenters. The normalized spacial score (nSPS) is 23.7. The Hall–Kier alpha value is -2.61. The minimum absolute atomic E-state index is 0.00683. The fourth-order valence-electron chi connectivity index (χ4n) is 4.93. The van der Waals surface area contributed by atoms with E-state index < -0.39 is 0 Å².